The molecule has 0 saturated heterocycles. The normalized spacial score (nSPS) is 11.2. The maximum Gasteiger partial charge on any atom is 0.140 e. The molecule has 3 aromatic rings. The van der Waals surface area contributed by atoms with E-state index in [1.807, 2.05) is 94.2 Å². The van der Waals surface area contributed by atoms with Crippen molar-refractivity contribution >= 4 is 176 Å². The van der Waals surface area contributed by atoms with Gasteiger partial charge in [-0.2, -0.15) is 31.6 Å². The number of rotatable bonds is 3. The van der Waals surface area contributed by atoms with E-state index in [1.54, 1.807) is 0 Å². The Labute approximate surface area is 293 Å². The fourth-order valence-corrected chi connectivity index (χ4v) is 6.94. The first-order valence-corrected chi connectivity index (χ1v) is 15.6. The molecule has 0 aliphatic heterocycles. The third-order valence-electron chi connectivity index (χ3n) is 10.9. The standard InChI is InChI=1S/C30H24B12N6/c31-19-10(4-46)13(22(34)28(40)25(19)37)7(1-43)16-17(8(2-44)14-11(5-47)20(32)26(38)29(41)23(14)35)18(16)9(3-45)15-12(6-48)21(33)27(39)30(42)24(15)36/h31-42H2. The minimum absolute atomic E-state index is 0.175. The topological polar surface area (TPSA) is 143 Å². The molecule has 48 heavy (non-hydrogen) atoms. The molecule has 0 unspecified atom stereocenters. The molecule has 1 saturated carbocycles. The Morgan fingerprint density at radius 1 is 0.292 bits per heavy atom. The van der Waals surface area contributed by atoms with Gasteiger partial charge in [-0.05, 0) is 0 Å². The smallest absolute Gasteiger partial charge is 0.140 e. The van der Waals surface area contributed by atoms with Gasteiger partial charge in [0.15, 0.2) is 0 Å². The van der Waals surface area contributed by atoms with Gasteiger partial charge < -0.3 is 0 Å². The second kappa shape index (κ2) is 13.0. The van der Waals surface area contributed by atoms with E-state index >= 15 is 0 Å². The van der Waals surface area contributed by atoms with Gasteiger partial charge in [-0.15, -0.1) is 32.8 Å². The van der Waals surface area contributed by atoms with E-state index in [-0.39, 0.29) is 16.7 Å². The SMILES string of the molecule is Bc1c(B)c(B)c(C(C#N)=C2C(=C(C#N)c3c(B)c(B)c(B)c(B)c3C#N)C2=C(C#N)c2c(B)c(B)c(B)c(B)c2C#N)c(C#N)c1B. The second-order valence-electron chi connectivity index (χ2n) is 12.7. The van der Waals surface area contributed by atoms with Crippen LogP contribution in [0.2, 0.25) is 0 Å². The molecule has 18 heteroatoms. The maximum absolute atomic E-state index is 10.9. The van der Waals surface area contributed by atoms with Crippen LogP contribution in [0.5, 0.6) is 0 Å². The number of nitrogens with zero attached hydrogens (tertiary/aromatic N) is 6. The molecule has 210 valence electrons. The average Bonchev–Trinajstić information content (AvgIpc) is 3.80. The lowest BCUT2D eigenvalue weighted by atomic mass is 9.62. The van der Waals surface area contributed by atoms with Crippen LogP contribution in [0.1, 0.15) is 33.4 Å². The fourth-order valence-electron chi connectivity index (χ4n) is 6.94. The van der Waals surface area contributed by atoms with Gasteiger partial charge in [0.05, 0.1) is 51.6 Å². The van der Waals surface area contributed by atoms with Crippen LogP contribution in [-0.4, -0.2) is 94.2 Å². The van der Waals surface area contributed by atoms with Crippen molar-refractivity contribution < 1.29 is 0 Å². The number of allylic oxidation sites excluding steroid dienone is 6. The van der Waals surface area contributed by atoms with Gasteiger partial charge in [-0.3, -0.25) is 0 Å². The predicted molar refractivity (Wildman–Crippen MR) is 229 cm³/mol. The summed E-state index contributed by atoms with van der Waals surface area (Å²) >= 11 is 0. The Morgan fingerprint density at radius 3 is 0.646 bits per heavy atom. The number of benzene rings is 3. The molecule has 0 atom stereocenters. The van der Waals surface area contributed by atoms with Crippen molar-refractivity contribution in [3.8, 4) is 36.4 Å². The Balaban J connectivity index is 2.43. The molecule has 0 bridgehead atoms. The van der Waals surface area contributed by atoms with E-state index in [4.69, 9.17) is 0 Å². The van der Waals surface area contributed by atoms with E-state index in [1.165, 1.54) is 0 Å². The van der Waals surface area contributed by atoms with Crippen LogP contribution in [0, 0.1) is 68.0 Å². The highest BCUT2D eigenvalue weighted by Gasteiger charge is 2.43. The second-order valence-corrected chi connectivity index (χ2v) is 12.7. The van der Waals surface area contributed by atoms with Crippen molar-refractivity contribution in [2.45, 2.75) is 0 Å². The first-order valence-electron chi connectivity index (χ1n) is 15.6. The van der Waals surface area contributed by atoms with Gasteiger partial charge in [-0.1, -0.05) is 32.8 Å². The van der Waals surface area contributed by atoms with Gasteiger partial charge >= 0.3 is 0 Å². The third-order valence-corrected chi connectivity index (χ3v) is 10.9. The fraction of sp³-hybridized carbons (Fsp3) is 0. The van der Waals surface area contributed by atoms with Crippen molar-refractivity contribution in [1.29, 1.82) is 31.6 Å². The highest BCUT2D eigenvalue weighted by Crippen LogP contribution is 2.55. The Hall–Kier alpha value is -5.40. The summed E-state index contributed by atoms with van der Waals surface area (Å²) in [4.78, 5) is 0. The van der Waals surface area contributed by atoms with Crippen LogP contribution in [0.4, 0.5) is 0 Å². The number of hydrogen-bond acceptors (Lipinski definition) is 6. The molecule has 0 N–H and O–H groups in total. The minimum atomic E-state index is 0.175. The molecule has 3 aromatic carbocycles. The molecular weight excluding hydrogens is 574 g/mol. The van der Waals surface area contributed by atoms with Crippen LogP contribution < -0.4 is 65.6 Å². The summed E-state index contributed by atoms with van der Waals surface area (Å²) in [5.74, 6) is 0. The van der Waals surface area contributed by atoms with Crippen LogP contribution in [0.15, 0.2) is 16.7 Å². The zero-order valence-electron chi connectivity index (χ0n) is 29.7. The van der Waals surface area contributed by atoms with Crippen molar-refractivity contribution in [3.05, 3.63) is 50.1 Å². The van der Waals surface area contributed by atoms with Crippen LogP contribution in [-0.2, 0) is 0 Å². The van der Waals surface area contributed by atoms with Gasteiger partial charge in [0.2, 0.25) is 0 Å². The van der Waals surface area contributed by atoms with Crippen LogP contribution >= 0.6 is 0 Å². The molecule has 0 aromatic heterocycles. The van der Waals surface area contributed by atoms with Crippen molar-refractivity contribution in [3.63, 3.8) is 0 Å². The van der Waals surface area contributed by atoms with Crippen LogP contribution in [0.3, 0.4) is 0 Å². The van der Waals surface area contributed by atoms with E-state index in [2.05, 4.69) is 36.4 Å². The third kappa shape index (κ3) is 5.02. The first kappa shape index (κ1) is 35.5. The van der Waals surface area contributed by atoms with E-state index in [9.17, 15) is 31.6 Å². The molecule has 1 aliphatic carbocycles. The number of hydrogen-bond donors (Lipinski definition) is 0. The first-order chi connectivity index (χ1) is 22.6. The van der Waals surface area contributed by atoms with Gasteiger partial charge in [0.25, 0.3) is 0 Å². The molecular formula is C30H24B12N6. The zero-order valence-corrected chi connectivity index (χ0v) is 29.7. The van der Waals surface area contributed by atoms with Crippen molar-refractivity contribution in [1.82, 2.24) is 0 Å². The predicted octanol–water partition coefficient (Wildman–Crippen LogP) is -15.4. The lowest BCUT2D eigenvalue weighted by Gasteiger charge is -2.18. The number of nitriles is 6. The molecule has 0 radical (unpaired) electrons. The molecule has 6 nitrogen and oxygen atoms in total. The van der Waals surface area contributed by atoms with Gasteiger partial charge in [0.1, 0.15) is 112 Å². The highest BCUT2D eigenvalue weighted by molar-refractivity contribution is 6.66. The van der Waals surface area contributed by atoms with Crippen molar-refractivity contribution in [2.24, 2.45) is 0 Å². The summed E-state index contributed by atoms with van der Waals surface area (Å²) < 4.78 is 0. The molecule has 1 aliphatic rings. The average molecular weight is 598 g/mol. The van der Waals surface area contributed by atoms with Crippen LogP contribution in [0.25, 0.3) is 16.7 Å². The summed E-state index contributed by atoms with van der Waals surface area (Å²) in [7, 11) is 22.9. The van der Waals surface area contributed by atoms with Crippen molar-refractivity contribution in [2.75, 3.05) is 0 Å². The summed E-state index contributed by atoms with van der Waals surface area (Å²) in [5, 5.41) is 63.8. The molecule has 0 heterocycles. The molecule has 4 rings (SSSR count). The molecule has 1 fully saturated rings. The lowest BCUT2D eigenvalue weighted by molar-refractivity contribution is 1.48. The molecule has 0 spiro atoms. The minimum Gasteiger partial charge on any atom is -0.192 e. The van der Waals surface area contributed by atoms with Gasteiger partial charge in [0, 0.05) is 33.4 Å². The summed E-state index contributed by atoms with van der Waals surface area (Å²) in [6.45, 7) is 0. The largest absolute Gasteiger partial charge is 0.192 e. The van der Waals surface area contributed by atoms with E-state index < -0.39 is 0 Å². The Bertz CT molecular complexity index is 2150. The Morgan fingerprint density at radius 2 is 0.479 bits per heavy atom. The summed E-state index contributed by atoms with van der Waals surface area (Å²) in [5.41, 5.74) is 14.3. The summed E-state index contributed by atoms with van der Waals surface area (Å²) in [6, 6.07) is 14.0. The monoisotopic (exact) mass is 600 g/mol. The maximum atomic E-state index is 10.9. The van der Waals surface area contributed by atoms with Gasteiger partial charge in [-0.25, -0.2) is 0 Å². The van der Waals surface area contributed by atoms with E-state index in [0.717, 1.165) is 65.6 Å². The van der Waals surface area contributed by atoms with E-state index in [0.29, 0.717) is 50.1 Å². The zero-order chi connectivity index (χ0) is 36.1. The molecule has 0 amide bonds. The Kier molecular flexibility index (Phi) is 9.61. The lowest BCUT2D eigenvalue weighted by Crippen LogP contribution is -2.50. The summed E-state index contributed by atoms with van der Waals surface area (Å²) in [6.07, 6.45) is 0. The quantitative estimate of drug-likeness (QED) is 0.217. The highest BCUT2D eigenvalue weighted by atomic mass is 14.5.